The number of esters is 1. The number of amides is 2. The molecule has 1 spiro atoms. The molecular formula is C26H36N2O6. The van der Waals surface area contributed by atoms with E-state index in [0.29, 0.717) is 38.5 Å². The fourth-order valence-corrected chi connectivity index (χ4v) is 6.12. The Morgan fingerprint density at radius 1 is 1.06 bits per heavy atom. The van der Waals surface area contributed by atoms with Gasteiger partial charge in [-0.3, -0.25) is 19.2 Å². The molecule has 2 heterocycles. The van der Waals surface area contributed by atoms with Crippen molar-refractivity contribution in [1.29, 1.82) is 0 Å². The second-order valence-electron chi connectivity index (χ2n) is 9.66. The third-order valence-electron chi connectivity index (χ3n) is 7.89. The standard InChI is InChI=1S/C26H36N2O6/c1-32-16-17-34-28-22(29)18-21(25(31)33-2)26(28)12-14-27(15-13-26)24(30)23(20-10-6-7-11-20)19-8-4-3-5-9-19/h3-5,8-9,20-21,23H,6-7,10-18H2,1-2H3/t21-,23+/m0/s1. The summed E-state index contributed by atoms with van der Waals surface area (Å²) in [4.78, 5) is 47.0. The molecule has 0 N–H and O–H groups in total. The van der Waals surface area contributed by atoms with Crippen LogP contribution in [0.4, 0.5) is 0 Å². The van der Waals surface area contributed by atoms with Gasteiger partial charge in [-0.25, -0.2) is 5.06 Å². The number of carbonyl (C=O) groups is 3. The normalized spacial score (nSPS) is 23.5. The number of methoxy groups -OCH3 is 2. The molecular weight excluding hydrogens is 436 g/mol. The highest BCUT2D eigenvalue weighted by molar-refractivity contribution is 5.89. The molecule has 3 fully saturated rings. The van der Waals surface area contributed by atoms with Crippen molar-refractivity contribution in [3.05, 3.63) is 35.9 Å². The van der Waals surface area contributed by atoms with Gasteiger partial charge >= 0.3 is 5.97 Å². The molecule has 2 saturated heterocycles. The first-order chi connectivity index (χ1) is 16.5. The molecule has 1 saturated carbocycles. The molecule has 1 aromatic rings. The summed E-state index contributed by atoms with van der Waals surface area (Å²) >= 11 is 0. The van der Waals surface area contributed by atoms with Gasteiger partial charge in [0.05, 0.1) is 37.7 Å². The van der Waals surface area contributed by atoms with Crippen LogP contribution >= 0.6 is 0 Å². The maximum Gasteiger partial charge on any atom is 0.311 e. The van der Waals surface area contributed by atoms with Crippen LogP contribution in [0.3, 0.4) is 0 Å². The molecule has 8 nitrogen and oxygen atoms in total. The van der Waals surface area contributed by atoms with Gasteiger partial charge in [0.25, 0.3) is 0 Å². The van der Waals surface area contributed by atoms with Crippen LogP contribution in [0.5, 0.6) is 0 Å². The summed E-state index contributed by atoms with van der Waals surface area (Å²) in [5.74, 6) is -0.870. The van der Waals surface area contributed by atoms with Crippen molar-refractivity contribution in [1.82, 2.24) is 9.96 Å². The fourth-order valence-electron chi connectivity index (χ4n) is 6.12. The molecule has 34 heavy (non-hydrogen) atoms. The molecule has 1 aliphatic carbocycles. The molecule has 2 atom stereocenters. The maximum absolute atomic E-state index is 13.8. The predicted octanol–water partition coefficient (Wildman–Crippen LogP) is 2.92. The highest BCUT2D eigenvalue weighted by atomic mass is 16.7. The number of rotatable bonds is 8. The van der Waals surface area contributed by atoms with Crippen LogP contribution in [-0.2, 0) is 28.7 Å². The van der Waals surface area contributed by atoms with Gasteiger partial charge in [-0.15, -0.1) is 0 Å². The van der Waals surface area contributed by atoms with E-state index in [-0.39, 0.29) is 30.8 Å². The quantitative estimate of drug-likeness (QED) is 0.427. The van der Waals surface area contributed by atoms with Crippen LogP contribution in [0.25, 0.3) is 0 Å². The van der Waals surface area contributed by atoms with Crippen molar-refractivity contribution in [2.24, 2.45) is 11.8 Å². The van der Waals surface area contributed by atoms with Crippen molar-refractivity contribution in [3.8, 4) is 0 Å². The van der Waals surface area contributed by atoms with Crippen molar-refractivity contribution in [2.45, 2.75) is 56.4 Å². The minimum Gasteiger partial charge on any atom is -0.469 e. The summed E-state index contributed by atoms with van der Waals surface area (Å²) in [5.41, 5.74) is 0.275. The van der Waals surface area contributed by atoms with Gasteiger partial charge in [0.1, 0.15) is 0 Å². The lowest BCUT2D eigenvalue weighted by molar-refractivity contribution is -0.226. The molecule has 0 bridgehead atoms. The number of piperidine rings is 1. The topological polar surface area (TPSA) is 85.4 Å². The number of ether oxygens (including phenoxy) is 2. The Kier molecular flexibility index (Phi) is 7.88. The Labute approximate surface area is 201 Å². The van der Waals surface area contributed by atoms with Crippen LogP contribution in [-0.4, -0.2) is 73.8 Å². The van der Waals surface area contributed by atoms with Gasteiger partial charge in [0.15, 0.2) is 0 Å². The van der Waals surface area contributed by atoms with Crippen LogP contribution in [0.2, 0.25) is 0 Å². The van der Waals surface area contributed by atoms with Crippen LogP contribution in [0.1, 0.15) is 56.4 Å². The second-order valence-corrected chi connectivity index (χ2v) is 9.66. The lowest BCUT2D eigenvalue weighted by Crippen LogP contribution is -2.58. The average Bonchev–Trinajstić information content (AvgIpc) is 3.48. The minimum absolute atomic E-state index is 0.0579. The summed E-state index contributed by atoms with van der Waals surface area (Å²) in [6, 6.07) is 10.1. The Morgan fingerprint density at radius 3 is 2.35 bits per heavy atom. The smallest absolute Gasteiger partial charge is 0.311 e. The van der Waals surface area contributed by atoms with E-state index in [4.69, 9.17) is 14.3 Å². The third kappa shape index (κ3) is 4.70. The van der Waals surface area contributed by atoms with Crippen molar-refractivity contribution in [2.75, 3.05) is 40.5 Å². The first-order valence-corrected chi connectivity index (χ1v) is 12.4. The minimum atomic E-state index is -0.801. The van der Waals surface area contributed by atoms with Gasteiger partial charge in [0.2, 0.25) is 11.8 Å². The lowest BCUT2D eigenvalue weighted by Gasteiger charge is -2.46. The molecule has 2 aliphatic heterocycles. The number of likely N-dealkylation sites (tertiary alicyclic amines) is 1. The number of carbonyl (C=O) groups excluding carboxylic acids is 3. The average molecular weight is 473 g/mol. The molecule has 186 valence electrons. The third-order valence-corrected chi connectivity index (χ3v) is 7.89. The van der Waals surface area contributed by atoms with E-state index in [9.17, 15) is 14.4 Å². The Hall–Kier alpha value is -2.45. The number of hydrogen-bond donors (Lipinski definition) is 0. The zero-order valence-corrected chi connectivity index (χ0v) is 20.2. The predicted molar refractivity (Wildman–Crippen MR) is 124 cm³/mol. The second kappa shape index (κ2) is 10.9. The van der Waals surface area contributed by atoms with Gasteiger partial charge in [-0.1, -0.05) is 43.2 Å². The van der Waals surface area contributed by atoms with Crippen molar-refractivity contribution in [3.63, 3.8) is 0 Å². The van der Waals surface area contributed by atoms with E-state index in [1.54, 1.807) is 7.11 Å². The lowest BCUT2D eigenvalue weighted by atomic mass is 9.76. The summed E-state index contributed by atoms with van der Waals surface area (Å²) in [7, 11) is 2.92. The van der Waals surface area contributed by atoms with E-state index in [1.807, 2.05) is 23.1 Å². The first-order valence-electron chi connectivity index (χ1n) is 12.4. The van der Waals surface area contributed by atoms with Gasteiger partial charge in [0, 0.05) is 26.6 Å². The Balaban J connectivity index is 1.53. The van der Waals surface area contributed by atoms with Gasteiger partial charge < -0.3 is 14.4 Å². The summed E-state index contributed by atoms with van der Waals surface area (Å²) in [6.45, 7) is 1.51. The molecule has 8 heteroatoms. The largest absolute Gasteiger partial charge is 0.469 e. The molecule has 0 unspecified atom stereocenters. The highest BCUT2D eigenvalue weighted by Gasteiger charge is 2.59. The van der Waals surface area contributed by atoms with Crippen LogP contribution < -0.4 is 0 Å². The monoisotopic (exact) mass is 472 g/mol. The number of hydrogen-bond acceptors (Lipinski definition) is 6. The van der Waals surface area contributed by atoms with Crippen molar-refractivity contribution < 1.29 is 28.7 Å². The van der Waals surface area contributed by atoms with E-state index in [1.165, 1.54) is 25.0 Å². The van der Waals surface area contributed by atoms with Crippen LogP contribution in [0, 0.1) is 11.8 Å². The molecule has 4 rings (SSSR count). The zero-order valence-electron chi connectivity index (χ0n) is 20.2. The molecule has 1 aromatic carbocycles. The fraction of sp³-hybridized carbons (Fsp3) is 0.654. The van der Waals surface area contributed by atoms with E-state index < -0.39 is 17.4 Å². The van der Waals surface area contributed by atoms with Gasteiger partial charge in [-0.2, -0.15) is 0 Å². The highest BCUT2D eigenvalue weighted by Crippen LogP contribution is 2.45. The van der Waals surface area contributed by atoms with E-state index in [2.05, 4.69) is 12.1 Å². The SMILES string of the molecule is COCCON1C(=O)C[C@@H](C(=O)OC)C12CCN(C(=O)[C@H](c1ccccc1)C1CCCC1)CC2. The maximum atomic E-state index is 13.8. The summed E-state index contributed by atoms with van der Waals surface area (Å²) in [6.07, 6.45) is 5.49. The molecule has 0 aromatic heterocycles. The molecule has 3 aliphatic rings. The summed E-state index contributed by atoms with van der Waals surface area (Å²) < 4.78 is 10.1. The molecule has 2 amide bonds. The van der Waals surface area contributed by atoms with E-state index >= 15 is 0 Å². The zero-order chi connectivity index (χ0) is 24.1. The number of hydroxylamine groups is 2. The Bertz CT molecular complexity index is 861. The van der Waals surface area contributed by atoms with Gasteiger partial charge in [-0.05, 0) is 37.2 Å². The number of benzene rings is 1. The summed E-state index contributed by atoms with van der Waals surface area (Å²) in [5, 5.41) is 1.39. The first kappa shape index (κ1) is 24.7. The molecule has 0 radical (unpaired) electrons. The van der Waals surface area contributed by atoms with Crippen LogP contribution in [0.15, 0.2) is 30.3 Å². The van der Waals surface area contributed by atoms with E-state index in [0.717, 1.165) is 18.4 Å². The number of nitrogens with zero attached hydrogens (tertiary/aromatic N) is 2. The van der Waals surface area contributed by atoms with Crippen molar-refractivity contribution >= 4 is 17.8 Å². The Morgan fingerprint density at radius 2 is 1.74 bits per heavy atom.